The van der Waals surface area contributed by atoms with E-state index in [2.05, 4.69) is 20.9 Å². The quantitative estimate of drug-likeness (QED) is 0.140. The van der Waals surface area contributed by atoms with E-state index in [1.54, 1.807) is 20.0 Å². The van der Waals surface area contributed by atoms with E-state index < -0.39 is 66.3 Å². The number of rotatable bonds is 15. The standard InChI is InChI=1S/C25H36N6O7/c1-3-13(2)21(24(36)29-18(25(37)38)8-9-20(27)33)31-23(35)19(12-32)30-22(34)16(26)10-14-11-28-17-7-5-4-6-15(14)17/h4-7,11,13,16,18-19,21,28,32H,3,8-10,12,26H2,1-2H3,(H2,27,33)(H,29,36)(H,30,34)(H,31,35)(H,37,38). The number of hydrogen-bond acceptors (Lipinski definition) is 7. The van der Waals surface area contributed by atoms with Crippen LogP contribution in [0.2, 0.25) is 0 Å². The van der Waals surface area contributed by atoms with Crippen LogP contribution >= 0.6 is 0 Å². The number of aliphatic hydroxyl groups is 1. The molecule has 0 spiro atoms. The number of nitrogens with one attached hydrogen (secondary N) is 4. The fourth-order valence-electron chi connectivity index (χ4n) is 3.86. The molecule has 0 saturated heterocycles. The number of hydrogen-bond donors (Lipinski definition) is 8. The van der Waals surface area contributed by atoms with Gasteiger partial charge in [0.05, 0.1) is 12.6 Å². The summed E-state index contributed by atoms with van der Waals surface area (Å²) in [6, 6.07) is 2.51. The second kappa shape index (κ2) is 14.1. The first kappa shape index (κ1) is 30.3. The van der Waals surface area contributed by atoms with Gasteiger partial charge in [-0.05, 0) is 30.4 Å². The van der Waals surface area contributed by atoms with Crippen LogP contribution in [0.3, 0.4) is 0 Å². The summed E-state index contributed by atoms with van der Waals surface area (Å²) in [6.45, 7) is 2.68. The number of carboxylic acids is 1. The van der Waals surface area contributed by atoms with Gasteiger partial charge in [0.1, 0.15) is 18.1 Å². The van der Waals surface area contributed by atoms with Gasteiger partial charge in [-0.3, -0.25) is 19.2 Å². The first-order chi connectivity index (χ1) is 18.0. The van der Waals surface area contributed by atoms with E-state index in [1.807, 2.05) is 24.3 Å². The summed E-state index contributed by atoms with van der Waals surface area (Å²) >= 11 is 0. The van der Waals surface area contributed by atoms with Crippen molar-refractivity contribution in [1.29, 1.82) is 0 Å². The van der Waals surface area contributed by atoms with Gasteiger partial charge in [-0.1, -0.05) is 38.5 Å². The number of H-pyrrole nitrogens is 1. The molecule has 208 valence electrons. The summed E-state index contributed by atoms with van der Waals surface area (Å²) in [6.07, 6.45) is 1.89. The van der Waals surface area contributed by atoms with Gasteiger partial charge in [0.2, 0.25) is 23.6 Å². The maximum atomic E-state index is 12.9. The van der Waals surface area contributed by atoms with Crippen LogP contribution in [-0.4, -0.2) is 75.6 Å². The van der Waals surface area contributed by atoms with E-state index in [0.29, 0.717) is 6.42 Å². The number of carbonyl (C=O) groups is 5. The minimum Gasteiger partial charge on any atom is -0.480 e. The molecule has 13 heteroatoms. The molecule has 13 nitrogen and oxygen atoms in total. The molecule has 0 fully saturated rings. The van der Waals surface area contributed by atoms with Crippen molar-refractivity contribution in [3.63, 3.8) is 0 Å². The number of carbonyl (C=O) groups excluding carboxylic acids is 4. The molecule has 1 heterocycles. The average Bonchev–Trinajstić information content (AvgIpc) is 3.29. The van der Waals surface area contributed by atoms with Gasteiger partial charge >= 0.3 is 5.97 Å². The lowest BCUT2D eigenvalue weighted by Gasteiger charge is -2.27. The molecule has 5 unspecified atom stereocenters. The lowest BCUT2D eigenvalue weighted by atomic mass is 9.97. The van der Waals surface area contributed by atoms with Crippen molar-refractivity contribution in [3.8, 4) is 0 Å². The Bertz CT molecular complexity index is 1150. The molecular weight excluding hydrogens is 496 g/mol. The van der Waals surface area contributed by atoms with Crippen LogP contribution in [0.15, 0.2) is 30.5 Å². The van der Waals surface area contributed by atoms with Crippen molar-refractivity contribution >= 4 is 40.5 Å². The molecule has 2 aromatic rings. The molecule has 38 heavy (non-hydrogen) atoms. The zero-order valence-electron chi connectivity index (χ0n) is 21.4. The molecule has 5 atom stereocenters. The second-order valence-corrected chi connectivity index (χ2v) is 9.19. The molecule has 0 aliphatic heterocycles. The molecule has 10 N–H and O–H groups in total. The number of para-hydroxylation sites is 1. The Kier molecular flexibility index (Phi) is 11.2. The Labute approximate surface area is 219 Å². The highest BCUT2D eigenvalue weighted by molar-refractivity contribution is 5.94. The second-order valence-electron chi connectivity index (χ2n) is 9.19. The van der Waals surface area contributed by atoms with E-state index >= 15 is 0 Å². The lowest BCUT2D eigenvalue weighted by molar-refractivity contribution is -0.143. The number of aliphatic hydroxyl groups excluding tert-OH is 1. The molecule has 0 saturated carbocycles. The van der Waals surface area contributed by atoms with Gasteiger partial charge in [0, 0.05) is 23.5 Å². The number of aromatic nitrogens is 1. The van der Waals surface area contributed by atoms with Gasteiger partial charge in [0.25, 0.3) is 0 Å². The molecule has 0 bridgehead atoms. The highest BCUT2D eigenvalue weighted by Gasteiger charge is 2.32. The predicted molar refractivity (Wildman–Crippen MR) is 138 cm³/mol. The first-order valence-electron chi connectivity index (χ1n) is 12.3. The topological polar surface area (TPSA) is 230 Å². The van der Waals surface area contributed by atoms with Crippen molar-refractivity contribution in [3.05, 3.63) is 36.0 Å². The number of primary amides is 1. The zero-order valence-corrected chi connectivity index (χ0v) is 21.4. The van der Waals surface area contributed by atoms with Crippen molar-refractivity contribution in [2.45, 2.75) is 63.7 Å². The number of aromatic amines is 1. The third-order valence-corrected chi connectivity index (χ3v) is 6.35. The lowest BCUT2D eigenvalue weighted by Crippen LogP contribution is -2.59. The molecule has 1 aromatic carbocycles. The van der Waals surface area contributed by atoms with Gasteiger partial charge < -0.3 is 42.6 Å². The number of benzene rings is 1. The summed E-state index contributed by atoms with van der Waals surface area (Å²) in [7, 11) is 0. The maximum Gasteiger partial charge on any atom is 0.326 e. The van der Waals surface area contributed by atoms with Crippen LogP contribution in [0, 0.1) is 5.92 Å². The summed E-state index contributed by atoms with van der Waals surface area (Å²) in [5, 5.41) is 27.3. The largest absolute Gasteiger partial charge is 0.480 e. The number of fused-ring (bicyclic) bond motifs is 1. The van der Waals surface area contributed by atoms with Crippen LogP contribution in [0.25, 0.3) is 10.9 Å². The Morgan fingerprint density at radius 2 is 1.66 bits per heavy atom. The van der Waals surface area contributed by atoms with E-state index in [-0.39, 0.29) is 19.3 Å². The van der Waals surface area contributed by atoms with E-state index in [9.17, 15) is 34.2 Å². The van der Waals surface area contributed by atoms with Crippen molar-refractivity contribution in [2.24, 2.45) is 17.4 Å². The SMILES string of the molecule is CCC(C)C(NC(=O)C(CO)NC(=O)C(N)Cc1c[nH]c2ccccc12)C(=O)NC(CCC(N)=O)C(=O)O. The fourth-order valence-corrected chi connectivity index (χ4v) is 3.86. The minimum absolute atomic E-state index is 0.176. The first-order valence-corrected chi connectivity index (χ1v) is 12.3. The highest BCUT2D eigenvalue weighted by Crippen LogP contribution is 2.18. The molecule has 0 aliphatic rings. The summed E-state index contributed by atoms with van der Waals surface area (Å²) in [4.78, 5) is 64.1. The fraction of sp³-hybridized carbons (Fsp3) is 0.480. The smallest absolute Gasteiger partial charge is 0.326 e. The summed E-state index contributed by atoms with van der Waals surface area (Å²) in [5.41, 5.74) is 12.8. The Balaban J connectivity index is 2.05. The predicted octanol–water partition coefficient (Wildman–Crippen LogP) is -1.12. The maximum absolute atomic E-state index is 12.9. The Morgan fingerprint density at radius 1 is 1.00 bits per heavy atom. The van der Waals surface area contributed by atoms with Gasteiger partial charge in [-0.15, -0.1) is 0 Å². The molecule has 2 rings (SSSR count). The van der Waals surface area contributed by atoms with E-state index in [1.165, 1.54) is 0 Å². The molecular formula is C25H36N6O7. The number of aliphatic carboxylic acids is 1. The van der Waals surface area contributed by atoms with E-state index in [4.69, 9.17) is 11.5 Å². The minimum atomic E-state index is -1.40. The third kappa shape index (κ3) is 8.28. The van der Waals surface area contributed by atoms with Crippen molar-refractivity contribution in [2.75, 3.05) is 6.61 Å². The van der Waals surface area contributed by atoms with Crippen molar-refractivity contribution in [1.82, 2.24) is 20.9 Å². The Morgan fingerprint density at radius 3 is 2.26 bits per heavy atom. The normalized spacial score (nSPS) is 15.1. The monoisotopic (exact) mass is 532 g/mol. The van der Waals surface area contributed by atoms with Gasteiger partial charge in [-0.2, -0.15) is 0 Å². The molecule has 0 aliphatic carbocycles. The highest BCUT2D eigenvalue weighted by atomic mass is 16.4. The van der Waals surface area contributed by atoms with Gasteiger partial charge in [0.15, 0.2) is 0 Å². The number of amides is 4. The van der Waals surface area contributed by atoms with Crippen LogP contribution < -0.4 is 27.4 Å². The summed E-state index contributed by atoms with van der Waals surface area (Å²) < 4.78 is 0. The van der Waals surface area contributed by atoms with Gasteiger partial charge in [-0.25, -0.2) is 4.79 Å². The zero-order chi connectivity index (χ0) is 28.4. The molecule has 1 aromatic heterocycles. The van der Waals surface area contributed by atoms with Crippen molar-refractivity contribution < 1.29 is 34.2 Å². The summed E-state index contributed by atoms with van der Waals surface area (Å²) in [5.74, 6) is -4.82. The van der Waals surface area contributed by atoms with Crippen LogP contribution in [0.1, 0.15) is 38.7 Å². The van der Waals surface area contributed by atoms with Crippen LogP contribution in [0.4, 0.5) is 0 Å². The van der Waals surface area contributed by atoms with Crippen LogP contribution in [-0.2, 0) is 30.4 Å². The number of carboxylic acid groups (broad SMARTS) is 1. The van der Waals surface area contributed by atoms with Crippen LogP contribution in [0.5, 0.6) is 0 Å². The molecule has 4 amide bonds. The number of nitrogens with two attached hydrogens (primary N) is 2. The Hall–Kier alpha value is -3.97. The van der Waals surface area contributed by atoms with E-state index in [0.717, 1.165) is 16.5 Å². The molecule has 0 radical (unpaired) electrons. The third-order valence-electron chi connectivity index (χ3n) is 6.35. The average molecular weight is 533 g/mol.